The molecule has 124 valence electrons. The molecular formula is C19H17BrO4. The van der Waals surface area contributed by atoms with Gasteiger partial charge in [-0.1, -0.05) is 15.9 Å². The number of halogens is 1. The molecule has 0 aromatic heterocycles. The summed E-state index contributed by atoms with van der Waals surface area (Å²) in [6.07, 6.45) is 3.47. The quantitative estimate of drug-likeness (QED) is 0.769. The molecule has 1 aromatic rings. The lowest BCUT2D eigenvalue weighted by atomic mass is 9.73. The Hall–Kier alpha value is -1.88. The summed E-state index contributed by atoms with van der Waals surface area (Å²) in [6, 6.07) is 5.61. The van der Waals surface area contributed by atoms with Gasteiger partial charge in [-0.05, 0) is 31.0 Å². The standard InChI is InChI=1S/C19H17BrO4/c20-10-7-8-15-11(9-10)17(18-12(21)3-1-4-13(18)22)19-14(23)5-2-6-16(19)24-15/h7-9,17,21H,1-6H2. The van der Waals surface area contributed by atoms with Gasteiger partial charge in [0.25, 0.3) is 0 Å². The Balaban J connectivity index is 1.97. The van der Waals surface area contributed by atoms with Gasteiger partial charge in [0.2, 0.25) is 0 Å². The van der Waals surface area contributed by atoms with E-state index in [4.69, 9.17) is 4.74 Å². The fourth-order valence-electron chi connectivity index (χ4n) is 3.86. The zero-order chi connectivity index (χ0) is 16.8. The first-order valence-electron chi connectivity index (χ1n) is 8.25. The van der Waals surface area contributed by atoms with Gasteiger partial charge in [0.05, 0.1) is 11.7 Å². The van der Waals surface area contributed by atoms with Gasteiger partial charge in [0.1, 0.15) is 11.5 Å². The Morgan fingerprint density at radius 3 is 2.46 bits per heavy atom. The van der Waals surface area contributed by atoms with Gasteiger partial charge in [-0.3, -0.25) is 9.59 Å². The lowest BCUT2D eigenvalue weighted by Gasteiger charge is -2.34. The van der Waals surface area contributed by atoms with Crippen LogP contribution in [0.25, 0.3) is 0 Å². The molecule has 24 heavy (non-hydrogen) atoms. The van der Waals surface area contributed by atoms with Crippen LogP contribution in [-0.2, 0) is 9.59 Å². The highest BCUT2D eigenvalue weighted by Gasteiger charge is 2.41. The van der Waals surface area contributed by atoms with E-state index in [-0.39, 0.29) is 17.3 Å². The highest BCUT2D eigenvalue weighted by molar-refractivity contribution is 9.10. The van der Waals surface area contributed by atoms with E-state index in [1.165, 1.54) is 0 Å². The lowest BCUT2D eigenvalue weighted by Crippen LogP contribution is -2.29. The Bertz CT molecular complexity index is 819. The summed E-state index contributed by atoms with van der Waals surface area (Å²) in [5, 5.41) is 10.4. The maximum Gasteiger partial charge on any atom is 0.163 e. The Morgan fingerprint density at radius 1 is 1.00 bits per heavy atom. The topological polar surface area (TPSA) is 63.6 Å². The zero-order valence-corrected chi connectivity index (χ0v) is 14.7. The monoisotopic (exact) mass is 388 g/mol. The number of ether oxygens (including phenoxy) is 1. The number of ketones is 2. The van der Waals surface area contributed by atoms with Crippen molar-refractivity contribution in [2.24, 2.45) is 0 Å². The second kappa shape index (κ2) is 5.88. The molecule has 5 heteroatoms. The highest BCUT2D eigenvalue weighted by Crippen LogP contribution is 2.49. The average molecular weight is 389 g/mol. The van der Waals surface area contributed by atoms with Crippen molar-refractivity contribution in [2.75, 3.05) is 0 Å². The smallest absolute Gasteiger partial charge is 0.163 e. The summed E-state index contributed by atoms with van der Waals surface area (Å²) >= 11 is 3.46. The summed E-state index contributed by atoms with van der Waals surface area (Å²) in [7, 11) is 0. The van der Waals surface area contributed by atoms with Crippen LogP contribution in [-0.4, -0.2) is 16.7 Å². The van der Waals surface area contributed by atoms with Crippen molar-refractivity contribution in [1.82, 2.24) is 0 Å². The maximum absolute atomic E-state index is 12.6. The second-order valence-electron chi connectivity index (χ2n) is 6.47. The van der Waals surface area contributed by atoms with Crippen molar-refractivity contribution in [3.05, 3.63) is 50.9 Å². The second-order valence-corrected chi connectivity index (χ2v) is 7.38. The summed E-state index contributed by atoms with van der Waals surface area (Å²) in [5.74, 6) is 0.878. The van der Waals surface area contributed by atoms with Crippen LogP contribution in [0.15, 0.2) is 45.3 Å². The van der Waals surface area contributed by atoms with Crippen LogP contribution in [0, 0.1) is 0 Å². The number of carbonyl (C=O) groups is 2. The van der Waals surface area contributed by atoms with E-state index in [0.29, 0.717) is 54.8 Å². The largest absolute Gasteiger partial charge is 0.512 e. The third-order valence-corrected chi connectivity index (χ3v) is 5.42. The van der Waals surface area contributed by atoms with Crippen molar-refractivity contribution in [1.29, 1.82) is 0 Å². The van der Waals surface area contributed by atoms with E-state index in [0.717, 1.165) is 16.5 Å². The predicted octanol–water partition coefficient (Wildman–Crippen LogP) is 4.50. The minimum atomic E-state index is -0.512. The van der Waals surface area contributed by atoms with E-state index in [1.54, 1.807) is 0 Å². The number of hydrogen-bond acceptors (Lipinski definition) is 4. The molecule has 3 aliphatic rings. The number of carbonyl (C=O) groups excluding carboxylic acids is 2. The van der Waals surface area contributed by atoms with Crippen LogP contribution in [0.1, 0.15) is 50.0 Å². The molecule has 0 saturated carbocycles. The zero-order valence-electron chi connectivity index (χ0n) is 13.1. The number of allylic oxidation sites excluding steroid dienone is 4. The molecule has 1 aromatic carbocycles. The van der Waals surface area contributed by atoms with Crippen molar-refractivity contribution in [3.8, 4) is 5.75 Å². The molecule has 4 rings (SSSR count). The Morgan fingerprint density at radius 2 is 1.71 bits per heavy atom. The Labute approximate surface area is 148 Å². The van der Waals surface area contributed by atoms with E-state index in [2.05, 4.69) is 15.9 Å². The van der Waals surface area contributed by atoms with Gasteiger partial charge >= 0.3 is 0 Å². The number of aliphatic hydroxyl groups is 1. The molecule has 1 atom stereocenters. The van der Waals surface area contributed by atoms with Gasteiger partial charge in [0, 0.05) is 46.9 Å². The van der Waals surface area contributed by atoms with Crippen LogP contribution in [0.5, 0.6) is 5.75 Å². The molecule has 1 unspecified atom stereocenters. The van der Waals surface area contributed by atoms with Crippen molar-refractivity contribution >= 4 is 27.5 Å². The summed E-state index contributed by atoms with van der Waals surface area (Å²) in [4.78, 5) is 25.2. The van der Waals surface area contributed by atoms with E-state index in [1.807, 2.05) is 18.2 Å². The van der Waals surface area contributed by atoms with E-state index >= 15 is 0 Å². The Kier molecular flexibility index (Phi) is 3.83. The number of aliphatic hydroxyl groups excluding tert-OH is 1. The molecule has 0 radical (unpaired) electrons. The van der Waals surface area contributed by atoms with E-state index < -0.39 is 5.92 Å². The number of fused-ring (bicyclic) bond motifs is 1. The first kappa shape index (κ1) is 15.6. The molecule has 1 heterocycles. The maximum atomic E-state index is 12.6. The van der Waals surface area contributed by atoms with Crippen LogP contribution in [0.3, 0.4) is 0 Å². The minimum Gasteiger partial charge on any atom is -0.512 e. The number of hydrogen-bond donors (Lipinski definition) is 1. The van der Waals surface area contributed by atoms with Gasteiger partial charge < -0.3 is 9.84 Å². The van der Waals surface area contributed by atoms with Crippen LogP contribution < -0.4 is 4.74 Å². The predicted molar refractivity (Wildman–Crippen MR) is 91.9 cm³/mol. The number of Topliss-reactive ketones (excluding diaryl/α,β-unsaturated/α-hetero) is 2. The summed E-state index contributed by atoms with van der Waals surface area (Å²) in [6.45, 7) is 0. The molecule has 4 nitrogen and oxygen atoms in total. The summed E-state index contributed by atoms with van der Waals surface area (Å²) in [5.41, 5.74) is 1.71. The molecule has 0 spiro atoms. The van der Waals surface area contributed by atoms with Gasteiger partial charge in [-0.25, -0.2) is 0 Å². The molecule has 1 aliphatic heterocycles. The van der Waals surface area contributed by atoms with Crippen LogP contribution in [0.4, 0.5) is 0 Å². The number of benzene rings is 1. The summed E-state index contributed by atoms with van der Waals surface area (Å²) < 4.78 is 6.83. The van der Waals surface area contributed by atoms with Crippen LogP contribution >= 0.6 is 15.9 Å². The lowest BCUT2D eigenvalue weighted by molar-refractivity contribution is -0.117. The molecule has 1 N–H and O–H groups in total. The molecule has 0 bridgehead atoms. The first-order valence-corrected chi connectivity index (χ1v) is 9.04. The van der Waals surface area contributed by atoms with Crippen LogP contribution in [0.2, 0.25) is 0 Å². The molecule has 0 fully saturated rings. The van der Waals surface area contributed by atoms with Gasteiger partial charge in [0.15, 0.2) is 11.6 Å². The first-order chi connectivity index (χ1) is 11.6. The molecular weight excluding hydrogens is 372 g/mol. The third-order valence-electron chi connectivity index (χ3n) is 4.93. The van der Waals surface area contributed by atoms with Crippen molar-refractivity contribution in [2.45, 2.75) is 44.4 Å². The molecule has 0 amide bonds. The van der Waals surface area contributed by atoms with Crippen molar-refractivity contribution in [3.63, 3.8) is 0 Å². The van der Waals surface area contributed by atoms with E-state index in [9.17, 15) is 14.7 Å². The SMILES string of the molecule is O=C1CCCC(O)=C1C1C2=C(CCCC2=O)Oc2ccc(Br)cc21. The van der Waals surface area contributed by atoms with Gasteiger partial charge in [-0.15, -0.1) is 0 Å². The number of rotatable bonds is 1. The average Bonchev–Trinajstić information content (AvgIpc) is 2.54. The fourth-order valence-corrected chi connectivity index (χ4v) is 4.24. The molecule has 0 saturated heterocycles. The third kappa shape index (κ3) is 2.42. The highest BCUT2D eigenvalue weighted by atomic mass is 79.9. The fraction of sp³-hybridized carbons (Fsp3) is 0.368. The molecule has 2 aliphatic carbocycles. The van der Waals surface area contributed by atoms with Crippen molar-refractivity contribution < 1.29 is 19.4 Å². The van der Waals surface area contributed by atoms with Gasteiger partial charge in [-0.2, -0.15) is 0 Å². The normalized spacial score (nSPS) is 23.8. The minimum absolute atomic E-state index is 0.0190.